The van der Waals surface area contributed by atoms with Crippen LogP contribution in [-0.2, 0) is 9.59 Å². The molecule has 2 aromatic rings. The topological polar surface area (TPSA) is 84.2 Å². The molecule has 1 heterocycles. The Morgan fingerprint density at radius 3 is 2.52 bits per heavy atom. The maximum absolute atomic E-state index is 12.0. The van der Waals surface area contributed by atoms with E-state index in [0.29, 0.717) is 24.9 Å². The fourth-order valence-electron chi connectivity index (χ4n) is 2.41. The summed E-state index contributed by atoms with van der Waals surface area (Å²) in [5, 5.41) is 15.9. The quantitative estimate of drug-likeness (QED) is 0.769. The fraction of sp³-hybridized carbons (Fsp3) is 0.353. The Morgan fingerprint density at radius 1 is 1.17 bits per heavy atom. The van der Waals surface area contributed by atoms with Crippen molar-refractivity contribution in [3.63, 3.8) is 0 Å². The van der Waals surface area contributed by atoms with Gasteiger partial charge < -0.3 is 10.4 Å². The van der Waals surface area contributed by atoms with E-state index in [9.17, 15) is 9.59 Å². The number of rotatable bonds is 7. The number of benzene rings is 1. The number of amides is 1. The first kappa shape index (κ1) is 16.7. The van der Waals surface area contributed by atoms with E-state index in [4.69, 9.17) is 5.11 Å². The number of aromatic nitrogens is 2. The third kappa shape index (κ3) is 4.67. The Bertz CT molecular complexity index is 707. The normalized spacial score (nSPS) is 10.5. The highest BCUT2D eigenvalue weighted by Gasteiger charge is 2.11. The van der Waals surface area contributed by atoms with Gasteiger partial charge >= 0.3 is 5.97 Å². The zero-order valence-electron chi connectivity index (χ0n) is 13.4. The SMILES string of the molecule is Cc1cc(C)n(-c2ccccc2NC(=O)CCCCC(=O)O)n1. The van der Waals surface area contributed by atoms with Gasteiger partial charge in [0.1, 0.15) is 0 Å². The van der Waals surface area contributed by atoms with Gasteiger partial charge in [-0.2, -0.15) is 5.10 Å². The van der Waals surface area contributed by atoms with Gasteiger partial charge in [0, 0.05) is 18.5 Å². The van der Waals surface area contributed by atoms with Crippen LogP contribution in [0.4, 0.5) is 5.69 Å². The lowest BCUT2D eigenvalue weighted by molar-refractivity contribution is -0.137. The van der Waals surface area contributed by atoms with E-state index < -0.39 is 5.97 Å². The Hall–Kier alpha value is -2.63. The van der Waals surface area contributed by atoms with Crippen LogP contribution in [0.25, 0.3) is 5.69 Å². The van der Waals surface area contributed by atoms with Gasteiger partial charge in [0.2, 0.25) is 5.91 Å². The van der Waals surface area contributed by atoms with Crippen molar-refractivity contribution in [1.82, 2.24) is 9.78 Å². The van der Waals surface area contributed by atoms with Crippen LogP contribution >= 0.6 is 0 Å². The number of carbonyl (C=O) groups excluding carboxylic acids is 1. The van der Waals surface area contributed by atoms with Gasteiger partial charge in [0.15, 0.2) is 0 Å². The number of carboxylic acid groups (broad SMARTS) is 1. The Kier molecular flexibility index (Phi) is 5.51. The van der Waals surface area contributed by atoms with Gasteiger partial charge in [-0.15, -0.1) is 0 Å². The molecule has 0 aliphatic heterocycles. The molecule has 23 heavy (non-hydrogen) atoms. The number of nitrogens with one attached hydrogen (secondary N) is 1. The minimum atomic E-state index is -0.833. The van der Waals surface area contributed by atoms with E-state index in [-0.39, 0.29) is 12.3 Å². The monoisotopic (exact) mass is 315 g/mol. The van der Waals surface area contributed by atoms with Crippen molar-refractivity contribution < 1.29 is 14.7 Å². The molecule has 1 aromatic heterocycles. The number of hydrogen-bond donors (Lipinski definition) is 2. The maximum atomic E-state index is 12.0. The highest BCUT2D eigenvalue weighted by Crippen LogP contribution is 2.21. The summed E-state index contributed by atoms with van der Waals surface area (Å²) in [4.78, 5) is 22.5. The smallest absolute Gasteiger partial charge is 0.303 e. The van der Waals surface area contributed by atoms with Crippen LogP contribution in [0.15, 0.2) is 30.3 Å². The van der Waals surface area contributed by atoms with E-state index in [0.717, 1.165) is 17.1 Å². The molecular weight excluding hydrogens is 294 g/mol. The molecule has 1 aromatic carbocycles. The van der Waals surface area contributed by atoms with Gasteiger partial charge in [-0.3, -0.25) is 9.59 Å². The number of unbranched alkanes of at least 4 members (excludes halogenated alkanes) is 1. The van der Waals surface area contributed by atoms with Crippen LogP contribution in [-0.4, -0.2) is 26.8 Å². The minimum Gasteiger partial charge on any atom is -0.481 e. The van der Waals surface area contributed by atoms with Gasteiger partial charge in [-0.25, -0.2) is 4.68 Å². The molecule has 0 bridgehead atoms. The van der Waals surface area contributed by atoms with Gasteiger partial charge in [-0.05, 0) is 44.9 Å². The number of para-hydroxylation sites is 2. The van der Waals surface area contributed by atoms with Crippen LogP contribution in [0, 0.1) is 13.8 Å². The van der Waals surface area contributed by atoms with Crippen molar-refractivity contribution in [2.24, 2.45) is 0 Å². The summed E-state index contributed by atoms with van der Waals surface area (Å²) in [5.74, 6) is -0.954. The van der Waals surface area contributed by atoms with E-state index in [2.05, 4.69) is 10.4 Å². The Morgan fingerprint density at radius 2 is 1.87 bits per heavy atom. The van der Waals surface area contributed by atoms with Crippen molar-refractivity contribution in [2.75, 3.05) is 5.32 Å². The van der Waals surface area contributed by atoms with Crippen molar-refractivity contribution in [3.8, 4) is 5.69 Å². The Labute approximate surface area is 135 Å². The van der Waals surface area contributed by atoms with Crippen LogP contribution in [0.2, 0.25) is 0 Å². The molecule has 1 amide bonds. The van der Waals surface area contributed by atoms with Gasteiger partial charge in [-0.1, -0.05) is 12.1 Å². The fourth-order valence-corrected chi connectivity index (χ4v) is 2.41. The molecule has 2 rings (SSSR count). The summed E-state index contributed by atoms with van der Waals surface area (Å²) in [6, 6.07) is 9.47. The Balaban J connectivity index is 2.05. The molecule has 6 nitrogen and oxygen atoms in total. The zero-order valence-corrected chi connectivity index (χ0v) is 13.4. The number of aliphatic carboxylic acids is 1. The average Bonchev–Trinajstić information content (AvgIpc) is 2.82. The standard InChI is InChI=1S/C17H21N3O3/c1-12-11-13(2)20(19-12)15-8-4-3-7-14(15)18-16(21)9-5-6-10-17(22)23/h3-4,7-8,11H,5-6,9-10H2,1-2H3,(H,18,21)(H,22,23). The third-order valence-electron chi connectivity index (χ3n) is 3.46. The van der Waals surface area contributed by atoms with Crippen LogP contribution in [0.3, 0.4) is 0 Å². The highest BCUT2D eigenvalue weighted by molar-refractivity contribution is 5.92. The second kappa shape index (κ2) is 7.58. The molecule has 0 aliphatic rings. The van der Waals surface area contributed by atoms with Gasteiger partial charge in [0.05, 0.1) is 17.1 Å². The summed E-state index contributed by atoms with van der Waals surface area (Å²) < 4.78 is 1.80. The molecule has 0 fully saturated rings. The number of nitrogens with zero attached hydrogens (tertiary/aromatic N) is 2. The molecule has 0 aliphatic carbocycles. The van der Waals surface area contributed by atoms with E-state index in [1.54, 1.807) is 4.68 Å². The first-order valence-corrected chi connectivity index (χ1v) is 7.61. The second-order valence-electron chi connectivity index (χ2n) is 5.51. The highest BCUT2D eigenvalue weighted by atomic mass is 16.4. The molecule has 0 spiro atoms. The minimum absolute atomic E-state index is 0.0929. The lowest BCUT2D eigenvalue weighted by Gasteiger charge is -2.12. The molecule has 0 unspecified atom stereocenters. The molecule has 0 atom stereocenters. The summed E-state index contributed by atoms with van der Waals surface area (Å²) in [7, 11) is 0. The van der Waals surface area contributed by atoms with Crippen molar-refractivity contribution >= 4 is 17.6 Å². The van der Waals surface area contributed by atoms with Crippen LogP contribution in [0.1, 0.15) is 37.1 Å². The first-order valence-electron chi connectivity index (χ1n) is 7.61. The molecule has 0 saturated carbocycles. The van der Waals surface area contributed by atoms with Crippen molar-refractivity contribution in [3.05, 3.63) is 41.7 Å². The molecule has 6 heteroatoms. The molecule has 2 N–H and O–H groups in total. The summed E-state index contributed by atoms with van der Waals surface area (Å²) in [5.41, 5.74) is 3.42. The lowest BCUT2D eigenvalue weighted by atomic mass is 10.2. The number of aryl methyl sites for hydroxylation is 2. The summed E-state index contributed by atoms with van der Waals surface area (Å²) in [6.45, 7) is 3.89. The number of carboxylic acids is 1. The maximum Gasteiger partial charge on any atom is 0.303 e. The lowest BCUT2D eigenvalue weighted by Crippen LogP contribution is -2.14. The van der Waals surface area contributed by atoms with E-state index in [1.807, 2.05) is 44.2 Å². The molecule has 122 valence electrons. The summed E-state index contributed by atoms with van der Waals surface area (Å²) in [6.07, 6.45) is 1.45. The van der Waals surface area contributed by atoms with Crippen LogP contribution < -0.4 is 5.32 Å². The summed E-state index contributed by atoms with van der Waals surface area (Å²) >= 11 is 0. The zero-order chi connectivity index (χ0) is 16.8. The molecule has 0 saturated heterocycles. The van der Waals surface area contributed by atoms with Crippen molar-refractivity contribution in [2.45, 2.75) is 39.5 Å². The van der Waals surface area contributed by atoms with Crippen LogP contribution in [0.5, 0.6) is 0 Å². The van der Waals surface area contributed by atoms with E-state index >= 15 is 0 Å². The van der Waals surface area contributed by atoms with Gasteiger partial charge in [0.25, 0.3) is 0 Å². The predicted molar refractivity (Wildman–Crippen MR) is 87.8 cm³/mol. The first-order chi connectivity index (χ1) is 11.0. The number of anilines is 1. The van der Waals surface area contributed by atoms with Crippen molar-refractivity contribution in [1.29, 1.82) is 0 Å². The number of hydrogen-bond acceptors (Lipinski definition) is 3. The van der Waals surface area contributed by atoms with E-state index in [1.165, 1.54) is 0 Å². The molecule has 0 radical (unpaired) electrons. The number of carbonyl (C=O) groups is 2. The average molecular weight is 315 g/mol. The third-order valence-corrected chi connectivity index (χ3v) is 3.46. The second-order valence-corrected chi connectivity index (χ2v) is 5.51. The molecular formula is C17H21N3O3. The predicted octanol–water partition coefficient (Wildman–Crippen LogP) is 3.07. The largest absolute Gasteiger partial charge is 0.481 e.